The number of anilines is 1. The number of ketones is 1. The highest BCUT2D eigenvalue weighted by Crippen LogP contribution is 2.30. The average molecular weight is 415 g/mol. The monoisotopic (exact) mass is 415 g/mol. The van der Waals surface area contributed by atoms with Gasteiger partial charge in [-0.1, -0.05) is 18.2 Å². The highest BCUT2D eigenvalue weighted by Gasteiger charge is 2.23. The number of hydrogen-bond donors (Lipinski definition) is 1. The van der Waals surface area contributed by atoms with Crippen molar-refractivity contribution < 1.29 is 28.6 Å². The van der Waals surface area contributed by atoms with Crippen molar-refractivity contribution in [2.45, 2.75) is 52.1 Å². The molecule has 1 heterocycles. The molecule has 2 rings (SSSR count). The number of ether oxygens (including phenoxy) is 3. The zero-order chi connectivity index (χ0) is 22.1. The van der Waals surface area contributed by atoms with Gasteiger partial charge in [0.15, 0.2) is 5.78 Å². The van der Waals surface area contributed by atoms with E-state index in [9.17, 15) is 14.4 Å². The average Bonchev–Trinajstić information content (AvgIpc) is 2.64. The fraction of sp³-hybridized carbons (Fsp3) is 0.435. The van der Waals surface area contributed by atoms with Crippen molar-refractivity contribution >= 4 is 29.6 Å². The standard InChI is InChI=1S/C23H29NO6/c1-23(2,3)30-22(27)24-19-15-18(28-4)14-16-10-6-5-7-11-17(25)12-8-9-13-29-21(26)20(16)19/h6,8,10,12,14-15H,5,7,9,11,13H2,1-4H3,(H,24,27)/b10-6+,12-8-. The zero-order valence-electron chi connectivity index (χ0n) is 17.9. The number of carbonyl (C=O) groups excluding carboxylic acids is 3. The quantitative estimate of drug-likeness (QED) is 0.690. The number of fused-ring (bicyclic) bond motifs is 1. The molecule has 1 amide bonds. The van der Waals surface area contributed by atoms with E-state index < -0.39 is 17.7 Å². The normalized spacial score (nSPS) is 17.7. The van der Waals surface area contributed by atoms with E-state index in [1.54, 1.807) is 45.1 Å². The number of allylic oxidation sites excluding steroid dienone is 2. The summed E-state index contributed by atoms with van der Waals surface area (Å²) in [5.41, 5.74) is 0.314. The number of methoxy groups -OCH3 is 1. The predicted octanol–water partition coefficient (Wildman–Crippen LogP) is 4.91. The molecule has 1 N–H and O–H groups in total. The molecule has 0 aromatic heterocycles. The Morgan fingerprint density at radius 3 is 2.53 bits per heavy atom. The van der Waals surface area contributed by atoms with E-state index in [4.69, 9.17) is 14.2 Å². The summed E-state index contributed by atoms with van der Waals surface area (Å²) in [4.78, 5) is 36.9. The van der Waals surface area contributed by atoms with Crippen LogP contribution in [0.25, 0.3) is 6.08 Å². The molecule has 0 radical (unpaired) electrons. The van der Waals surface area contributed by atoms with Crippen LogP contribution in [-0.4, -0.2) is 37.2 Å². The zero-order valence-corrected chi connectivity index (χ0v) is 17.9. The smallest absolute Gasteiger partial charge is 0.412 e. The molecule has 30 heavy (non-hydrogen) atoms. The van der Waals surface area contributed by atoms with Gasteiger partial charge in [0, 0.05) is 12.5 Å². The summed E-state index contributed by atoms with van der Waals surface area (Å²) in [5, 5.41) is 2.64. The largest absolute Gasteiger partial charge is 0.497 e. The molecule has 0 atom stereocenters. The molecule has 0 bridgehead atoms. The van der Waals surface area contributed by atoms with Gasteiger partial charge in [0.25, 0.3) is 0 Å². The molecule has 1 aromatic carbocycles. The van der Waals surface area contributed by atoms with Crippen molar-refractivity contribution in [3.05, 3.63) is 41.5 Å². The van der Waals surface area contributed by atoms with Gasteiger partial charge in [-0.15, -0.1) is 0 Å². The number of carbonyl (C=O) groups is 3. The lowest BCUT2D eigenvalue weighted by molar-refractivity contribution is -0.114. The van der Waals surface area contributed by atoms with Crippen LogP contribution in [0, 0.1) is 0 Å². The molecule has 0 saturated heterocycles. The van der Waals surface area contributed by atoms with E-state index in [2.05, 4.69) is 5.32 Å². The number of hydrogen-bond acceptors (Lipinski definition) is 6. The summed E-state index contributed by atoms with van der Waals surface area (Å²) in [5.74, 6) is -0.0608. The first kappa shape index (κ1) is 23.2. The summed E-state index contributed by atoms with van der Waals surface area (Å²) in [6.07, 6.45) is 8.44. The van der Waals surface area contributed by atoms with E-state index in [0.29, 0.717) is 37.0 Å². The Bertz CT molecular complexity index is 848. The fourth-order valence-electron chi connectivity index (χ4n) is 2.82. The van der Waals surface area contributed by atoms with Gasteiger partial charge in [0.2, 0.25) is 0 Å². The van der Waals surface area contributed by atoms with Crippen LogP contribution in [-0.2, 0) is 14.3 Å². The summed E-state index contributed by atoms with van der Waals surface area (Å²) >= 11 is 0. The Morgan fingerprint density at radius 1 is 1.10 bits per heavy atom. The number of amides is 1. The third kappa shape index (κ3) is 7.39. The lowest BCUT2D eigenvalue weighted by atomic mass is 10.0. The molecule has 1 aliphatic rings. The van der Waals surface area contributed by atoms with Crippen LogP contribution in [0.3, 0.4) is 0 Å². The summed E-state index contributed by atoms with van der Waals surface area (Å²) in [6.45, 7) is 5.38. The Balaban J connectivity index is 2.42. The molecule has 0 spiro atoms. The summed E-state index contributed by atoms with van der Waals surface area (Å²) < 4.78 is 16.0. The van der Waals surface area contributed by atoms with E-state index in [1.807, 2.05) is 6.08 Å². The first-order chi connectivity index (χ1) is 14.2. The Kier molecular flexibility index (Phi) is 8.21. The van der Waals surface area contributed by atoms with Gasteiger partial charge in [-0.05, 0) is 57.7 Å². The van der Waals surface area contributed by atoms with Crippen molar-refractivity contribution in [3.63, 3.8) is 0 Å². The molecular formula is C23H29NO6. The van der Waals surface area contributed by atoms with Crippen LogP contribution in [0.4, 0.5) is 10.5 Å². The van der Waals surface area contributed by atoms with Crippen LogP contribution >= 0.6 is 0 Å². The Hall–Kier alpha value is -3.09. The number of benzene rings is 1. The van der Waals surface area contributed by atoms with Crippen LogP contribution in [0.5, 0.6) is 5.75 Å². The van der Waals surface area contributed by atoms with Crippen molar-refractivity contribution in [2.75, 3.05) is 19.0 Å². The van der Waals surface area contributed by atoms with Gasteiger partial charge in [0.1, 0.15) is 11.4 Å². The number of esters is 1. The lowest BCUT2D eigenvalue weighted by Gasteiger charge is -2.21. The fourth-order valence-corrected chi connectivity index (χ4v) is 2.82. The SMILES string of the molecule is COc1cc2c(c(NC(=O)OC(C)(C)C)c1)C(=O)OCC/C=C\C(=O)CCC/C=C/2. The maximum atomic E-state index is 12.8. The minimum atomic E-state index is -0.691. The molecule has 0 fully saturated rings. The minimum absolute atomic E-state index is 0.0534. The van der Waals surface area contributed by atoms with Crippen molar-refractivity contribution in [2.24, 2.45) is 0 Å². The summed E-state index contributed by atoms with van der Waals surface area (Å²) in [7, 11) is 1.50. The van der Waals surface area contributed by atoms with Crippen molar-refractivity contribution in [1.82, 2.24) is 0 Å². The first-order valence-corrected chi connectivity index (χ1v) is 9.94. The van der Waals surface area contributed by atoms with Gasteiger partial charge in [-0.25, -0.2) is 9.59 Å². The van der Waals surface area contributed by atoms with Gasteiger partial charge in [0.05, 0.1) is 25.0 Å². The van der Waals surface area contributed by atoms with E-state index in [1.165, 1.54) is 13.2 Å². The minimum Gasteiger partial charge on any atom is -0.497 e. The molecule has 0 aliphatic carbocycles. The molecular weight excluding hydrogens is 386 g/mol. The predicted molar refractivity (Wildman–Crippen MR) is 115 cm³/mol. The molecule has 162 valence electrons. The maximum Gasteiger partial charge on any atom is 0.412 e. The maximum absolute atomic E-state index is 12.8. The molecule has 0 unspecified atom stereocenters. The van der Waals surface area contributed by atoms with E-state index >= 15 is 0 Å². The second-order valence-corrected chi connectivity index (χ2v) is 7.85. The van der Waals surface area contributed by atoms with Crippen LogP contribution in [0.1, 0.15) is 62.4 Å². The Labute approximate surface area is 177 Å². The third-order valence-electron chi connectivity index (χ3n) is 4.13. The van der Waals surface area contributed by atoms with Crippen LogP contribution in [0.2, 0.25) is 0 Å². The second-order valence-electron chi connectivity index (χ2n) is 7.85. The number of cyclic esters (lactones) is 1. The molecule has 7 nitrogen and oxygen atoms in total. The summed E-state index contributed by atoms with van der Waals surface area (Å²) in [6, 6.07) is 3.25. The molecule has 0 saturated carbocycles. The van der Waals surface area contributed by atoms with Gasteiger partial charge < -0.3 is 14.2 Å². The topological polar surface area (TPSA) is 90.9 Å². The first-order valence-electron chi connectivity index (χ1n) is 9.94. The van der Waals surface area contributed by atoms with Gasteiger partial charge in [-0.2, -0.15) is 0 Å². The highest BCUT2D eigenvalue weighted by atomic mass is 16.6. The van der Waals surface area contributed by atoms with Crippen LogP contribution < -0.4 is 10.1 Å². The highest BCUT2D eigenvalue weighted by molar-refractivity contribution is 6.03. The van der Waals surface area contributed by atoms with Crippen molar-refractivity contribution in [1.29, 1.82) is 0 Å². The van der Waals surface area contributed by atoms with Gasteiger partial charge >= 0.3 is 12.1 Å². The Morgan fingerprint density at radius 2 is 1.83 bits per heavy atom. The van der Waals surface area contributed by atoms with E-state index in [-0.39, 0.29) is 23.6 Å². The number of rotatable bonds is 2. The van der Waals surface area contributed by atoms with Crippen molar-refractivity contribution in [3.8, 4) is 5.75 Å². The molecule has 1 aromatic rings. The van der Waals surface area contributed by atoms with E-state index in [0.717, 1.165) is 0 Å². The molecule has 7 heteroatoms. The second kappa shape index (κ2) is 10.6. The number of nitrogens with one attached hydrogen (secondary N) is 1. The van der Waals surface area contributed by atoms with Crippen LogP contribution in [0.15, 0.2) is 30.4 Å². The third-order valence-corrected chi connectivity index (χ3v) is 4.13. The molecule has 1 aliphatic heterocycles. The lowest BCUT2D eigenvalue weighted by Crippen LogP contribution is -2.28. The van der Waals surface area contributed by atoms with Gasteiger partial charge in [-0.3, -0.25) is 10.1 Å².